The van der Waals surface area contributed by atoms with Crippen molar-refractivity contribution in [3.8, 4) is 5.75 Å². The van der Waals surface area contributed by atoms with Gasteiger partial charge in [0.25, 0.3) is 0 Å². The number of hydrogen-bond acceptors (Lipinski definition) is 3. The van der Waals surface area contributed by atoms with E-state index in [1.54, 1.807) is 0 Å². The molecule has 0 aliphatic rings. The van der Waals surface area contributed by atoms with Crippen molar-refractivity contribution in [2.24, 2.45) is 0 Å². The van der Waals surface area contributed by atoms with Gasteiger partial charge in [-0.25, -0.2) is 0 Å². The van der Waals surface area contributed by atoms with E-state index in [1.165, 1.54) is 5.56 Å². The second-order valence-electron chi connectivity index (χ2n) is 6.22. The maximum Gasteiger partial charge on any atom is 0.127 e. The zero-order chi connectivity index (χ0) is 17.3. The lowest BCUT2D eigenvalue weighted by atomic mass is 10.1. The maximum atomic E-state index is 10.1. The monoisotopic (exact) mass is 371 g/mol. The van der Waals surface area contributed by atoms with E-state index in [0.29, 0.717) is 13.0 Å². The molecule has 0 fully saturated rings. The van der Waals surface area contributed by atoms with Crippen molar-refractivity contribution in [3.05, 3.63) is 78.4 Å². The van der Waals surface area contributed by atoms with Gasteiger partial charge in [0.05, 0.1) is 6.10 Å². The summed E-state index contributed by atoms with van der Waals surface area (Å²) in [7, 11) is 0. The van der Waals surface area contributed by atoms with Crippen LogP contribution >= 0.6 is 12.4 Å². The fourth-order valence-electron chi connectivity index (χ4n) is 2.86. The number of hydrogen-bond donors (Lipinski definition) is 2. The number of nitrogens with one attached hydrogen (secondary N) is 1. The van der Waals surface area contributed by atoms with E-state index in [2.05, 4.69) is 41.7 Å². The second kappa shape index (κ2) is 10.8. The molecule has 0 radical (unpaired) electrons. The molecule has 4 heteroatoms. The predicted octanol–water partition coefficient (Wildman–Crippen LogP) is 4.22. The Bertz CT molecular complexity index is 774. The van der Waals surface area contributed by atoms with Gasteiger partial charge in [-0.2, -0.15) is 0 Å². The molecule has 3 nitrogen and oxygen atoms in total. The summed E-state index contributed by atoms with van der Waals surface area (Å²) >= 11 is 0. The number of rotatable bonds is 9. The quantitative estimate of drug-likeness (QED) is 0.553. The van der Waals surface area contributed by atoms with Crippen LogP contribution in [0.15, 0.2) is 72.8 Å². The molecule has 3 aromatic carbocycles. The Morgan fingerprint density at radius 1 is 0.846 bits per heavy atom. The minimum Gasteiger partial charge on any atom is -0.490 e. The van der Waals surface area contributed by atoms with Gasteiger partial charge in [-0.1, -0.05) is 66.7 Å². The van der Waals surface area contributed by atoms with Crippen LogP contribution < -0.4 is 10.1 Å². The Kier molecular flexibility index (Phi) is 8.42. The highest BCUT2D eigenvalue weighted by atomic mass is 35.5. The fourth-order valence-corrected chi connectivity index (χ4v) is 2.86. The van der Waals surface area contributed by atoms with Gasteiger partial charge in [0.2, 0.25) is 0 Å². The van der Waals surface area contributed by atoms with Gasteiger partial charge < -0.3 is 15.2 Å². The standard InChI is InChI=1S/C22H25NO2.ClH/c24-20(14-16-23-15-13-18-7-2-1-3-8-18)17-25-22-12-6-10-19-9-4-5-11-21(19)22;/h1-12,20,23-24H,13-17H2;1H. The number of aliphatic hydroxyl groups is 1. The molecule has 0 amide bonds. The van der Waals surface area contributed by atoms with Gasteiger partial charge >= 0.3 is 0 Å². The van der Waals surface area contributed by atoms with Crippen molar-refractivity contribution >= 4 is 23.2 Å². The summed E-state index contributed by atoms with van der Waals surface area (Å²) in [6, 6.07) is 24.5. The Morgan fingerprint density at radius 3 is 2.42 bits per heavy atom. The predicted molar refractivity (Wildman–Crippen MR) is 110 cm³/mol. The van der Waals surface area contributed by atoms with Crippen LogP contribution in [0.2, 0.25) is 0 Å². The van der Waals surface area contributed by atoms with E-state index in [-0.39, 0.29) is 12.4 Å². The minimum absolute atomic E-state index is 0. The maximum absolute atomic E-state index is 10.1. The van der Waals surface area contributed by atoms with Crippen LogP contribution in [0.1, 0.15) is 12.0 Å². The summed E-state index contributed by atoms with van der Waals surface area (Å²) in [6.07, 6.45) is 1.21. The molecule has 1 unspecified atom stereocenters. The molecule has 26 heavy (non-hydrogen) atoms. The first-order valence-electron chi connectivity index (χ1n) is 8.86. The lowest BCUT2D eigenvalue weighted by molar-refractivity contribution is 0.101. The Morgan fingerprint density at radius 2 is 1.58 bits per heavy atom. The Labute approximate surface area is 161 Å². The van der Waals surface area contributed by atoms with Crippen molar-refractivity contribution in [3.63, 3.8) is 0 Å². The third-order valence-electron chi connectivity index (χ3n) is 4.27. The second-order valence-corrected chi connectivity index (χ2v) is 6.22. The van der Waals surface area contributed by atoms with Gasteiger partial charge in [0.15, 0.2) is 0 Å². The zero-order valence-electron chi connectivity index (χ0n) is 14.8. The molecule has 138 valence electrons. The highest BCUT2D eigenvalue weighted by molar-refractivity contribution is 5.88. The minimum atomic E-state index is -0.469. The fraction of sp³-hybridized carbons (Fsp3) is 0.273. The Hall–Kier alpha value is -2.07. The molecule has 0 saturated carbocycles. The summed E-state index contributed by atoms with van der Waals surface area (Å²) in [5.74, 6) is 0.828. The first-order valence-corrected chi connectivity index (χ1v) is 8.86. The molecule has 0 bridgehead atoms. The lowest BCUT2D eigenvalue weighted by Gasteiger charge is -2.14. The van der Waals surface area contributed by atoms with Gasteiger partial charge in [-0.05, 0) is 42.9 Å². The average molecular weight is 372 g/mol. The summed E-state index contributed by atoms with van der Waals surface area (Å²) in [6.45, 7) is 2.02. The molecule has 0 heterocycles. The van der Waals surface area contributed by atoms with Crippen molar-refractivity contribution < 1.29 is 9.84 Å². The third-order valence-corrected chi connectivity index (χ3v) is 4.27. The molecule has 0 aliphatic carbocycles. The molecule has 0 aromatic heterocycles. The van der Waals surface area contributed by atoms with Gasteiger partial charge in [0.1, 0.15) is 12.4 Å². The van der Waals surface area contributed by atoms with Crippen molar-refractivity contribution in [2.45, 2.75) is 18.9 Å². The summed E-state index contributed by atoms with van der Waals surface area (Å²) in [5, 5.41) is 15.7. The Balaban J connectivity index is 0.00000243. The summed E-state index contributed by atoms with van der Waals surface area (Å²) < 4.78 is 5.83. The van der Waals surface area contributed by atoms with E-state index >= 15 is 0 Å². The highest BCUT2D eigenvalue weighted by Gasteiger charge is 2.07. The molecule has 3 aromatic rings. The van der Waals surface area contributed by atoms with Crippen LogP contribution in [0.4, 0.5) is 0 Å². The first kappa shape index (κ1) is 20.2. The van der Waals surface area contributed by atoms with Crippen LogP contribution in [0, 0.1) is 0 Å². The number of aliphatic hydroxyl groups excluding tert-OH is 1. The van der Waals surface area contributed by atoms with Crippen LogP contribution in [0.25, 0.3) is 10.8 Å². The van der Waals surface area contributed by atoms with E-state index in [1.807, 2.05) is 36.4 Å². The number of fused-ring (bicyclic) bond motifs is 1. The van der Waals surface area contributed by atoms with Crippen LogP contribution in [-0.4, -0.2) is 30.9 Å². The molecule has 2 N–H and O–H groups in total. The largest absolute Gasteiger partial charge is 0.490 e. The topological polar surface area (TPSA) is 41.5 Å². The van der Waals surface area contributed by atoms with Crippen molar-refractivity contribution in [2.75, 3.05) is 19.7 Å². The van der Waals surface area contributed by atoms with Crippen molar-refractivity contribution in [1.29, 1.82) is 0 Å². The number of halogens is 1. The normalized spacial score (nSPS) is 11.7. The van der Waals surface area contributed by atoms with Crippen LogP contribution in [0.5, 0.6) is 5.75 Å². The van der Waals surface area contributed by atoms with Crippen molar-refractivity contribution in [1.82, 2.24) is 5.32 Å². The molecule has 0 saturated heterocycles. The van der Waals surface area contributed by atoms with Gasteiger partial charge in [0, 0.05) is 5.39 Å². The number of ether oxygens (including phenoxy) is 1. The average Bonchev–Trinajstić information content (AvgIpc) is 2.67. The third kappa shape index (κ3) is 6.03. The first-order chi connectivity index (χ1) is 12.3. The molecular formula is C22H26ClNO2. The smallest absolute Gasteiger partial charge is 0.127 e. The molecule has 0 aliphatic heterocycles. The summed E-state index contributed by atoms with van der Waals surface area (Å²) in [5.41, 5.74) is 1.33. The van der Waals surface area contributed by atoms with E-state index in [9.17, 15) is 5.11 Å². The zero-order valence-corrected chi connectivity index (χ0v) is 15.6. The molecular weight excluding hydrogens is 346 g/mol. The molecule has 0 spiro atoms. The molecule has 1 atom stereocenters. The van der Waals surface area contributed by atoms with Crippen LogP contribution in [0.3, 0.4) is 0 Å². The number of benzene rings is 3. The van der Waals surface area contributed by atoms with E-state index in [0.717, 1.165) is 36.0 Å². The van der Waals surface area contributed by atoms with E-state index in [4.69, 9.17) is 4.74 Å². The van der Waals surface area contributed by atoms with Gasteiger partial charge in [-0.3, -0.25) is 0 Å². The summed E-state index contributed by atoms with van der Waals surface area (Å²) in [4.78, 5) is 0. The van der Waals surface area contributed by atoms with Gasteiger partial charge in [-0.15, -0.1) is 12.4 Å². The van der Waals surface area contributed by atoms with Crippen LogP contribution in [-0.2, 0) is 6.42 Å². The highest BCUT2D eigenvalue weighted by Crippen LogP contribution is 2.25. The lowest BCUT2D eigenvalue weighted by Crippen LogP contribution is -2.26. The SMILES string of the molecule is Cl.OC(CCNCCc1ccccc1)COc1cccc2ccccc12. The van der Waals surface area contributed by atoms with E-state index < -0.39 is 6.10 Å². The molecule has 3 rings (SSSR count).